The summed E-state index contributed by atoms with van der Waals surface area (Å²) in [6.45, 7) is 7.73. The minimum atomic E-state index is -0.363. The predicted octanol–water partition coefficient (Wildman–Crippen LogP) is 3.54. The average molecular weight is 356 g/mol. The first kappa shape index (κ1) is 17.3. The van der Waals surface area contributed by atoms with Gasteiger partial charge in [0.1, 0.15) is 6.04 Å². The van der Waals surface area contributed by atoms with Crippen LogP contribution in [0, 0.1) is 20.8 Å². The fraction of sp³-hybridized carbons (Fsp3) is 0.333. The molecule has 0 spiro atoms. The summed E-state index contributed by atoms with van der Waals surface area (Å²) in [5, 5.41) is 7.88. The number of nitrogens with one attached hydrogen (secondary N) is 1. The Morgan fingerprint density at radius 2 is 2.00 bits per heavy atom. The number of aromatic nitrogens is 3. The van der Waals surface area contributed by atoms with Gasteiger partial charge in [0, 0.05) is 10.4 Å². The second kappa shape index (κ2) is 7.14. The molecule has 1 N–H and O–H groups in total. The maximum absolute atomic E-state index is 12.3. The molecule has 0 saturated carbocycles. The normalized spacial score (nSPS) is 12.2. The van der Waals surface area contributed by atoms with Gasteiger partial charge in [-0.2, -0.15) is 4.98 Å². The van der Waals surface area contributed by atoms with E-state index in [0.29, 0.717) is 11.7 Å². The maximum Gasteiger partial charge on any atom is 0.249 e. The molecular formula is C18H20N4O2S. The topological polar surface area (TPSA) is 80.9 Å². The molecule has 3 rings (SSSR count). The SMILES string of the molecule is Cc1nc(CC(=O)N[C@@H](C)c2nc(-c3ccccc3C)no2)c(C)s1. The molecule has 1 amide bonds. The molecule has 0 saturated heterocycles. The van der Waals surface area contributed by atoms with Crippen LogP contribution in [0.3, 0.4) is 0 Å². The summed E-state index contributed by atoms with van der Waals surface area (Å²) in [4.78, 5) is 22.1. The Labute approximate surface area is 150 Å². The molecule has 0 fully saturated rings. The number of nitrogens with zero attached hydrogens (tertiary/aromatic N) is 3. The van der Waals surface area contributed by atoms with E-state index in [9.17, 15) is 4.79 Å². The van der Waals surface area contributed by atoms with Gasteiger partial charge in [-0.15, -0.1) is 11.3 Å². The molecule has 0 radical (unpaired) electrons. The van der Waals surface area contributed by atoms with Gasteiger partial charge in [-0.1, -0.05) is 29.4 Å². The predicted molar refractivity (Wildman–Crippen MR) is 96.3 cm³/mol. The Kier molecular flexibility index (Phi) is 4.94. The average Bonchev–Trinajstić information content (AvgIpc) is 3.15. The van der Waals surface area contributed by atoms with Gasteiger partial charge in [0.25, 0.3) is 0 Å². The van der Waals surface area contributed by atoms with Crippen LogP contribution >= 0.6 is 11.3 Å². The quantitative estimate of drug-likeness (QED) is 0.756. The van der Waals surface area contributed by atoms with Crippen LogP contribution in [0.1, 0.15) is 40.0 Å². The third-order valence-corrected chi connectivity index (χ3v) is 4.83. The Morgan fingerprint density at radius 1 is 1.24 bits per heavy atom. The third kappa shape index (κ3) is 3.93. The van der Waals surface area contributed by atoms with Crippen LogP contribution in [-0.2, 0) is 11.2 Å². The van der Waals surface area contributed by atoms with Crippen molar-refractivity contribution >= 4 is 17.2 Å². The lowest BCUT2D eigenvalue weighted by Gasteiger charge is -2.09. The van der Waals surface area contributed by atoms with Gasteiger partial charge in [-0.25, -0.2) is 4.98 Å². The lowest BCUT2D eigenvalue weighted by atomic mass is 10.1. The van der Waals surface area contributed by atoms with Crippen LogP contribution in [0.15, 0.2) is 28.8 Å². The van der Waals surface area contributed by atoms with Crippen LogP contribution in [0.2, 0.25) is 0 Å². The van der Waals surface area contributed by atoms with Crippen molar-refractivity contribution in [2.45, 2.75) is 40.2 Å². The number of hydrogen-bond acceptors (Lipinski definition) is 6. The zero-order valence-electron chi connectivity index (χ0n) is 14.7. The molecule has 6 nitrogen and oxygen atoms in total. The number of carbonyl (C=O) groups excluding carboxylic acids is 1. The molecular weight excluding hydrogens is 336 g/mol. The summed E-state index contributed by atoms with van der Waals surface area (Å²) < 4.78 is 5.33. The van der Waals surface area contributed by atoms with Crippen molar-refractivity contribution in [2.75, 3.05) is 0 Å². The second-order valence-corrected chi connectivity index (χ2v) is 7.38. The molecule has 0 aliphatic carbocycles. The highest BCUT2D eigenvalue weighted by Crippen LogP contribution is 2.22. The first-order chi connectivity index (χ1) is 11.9. The zero-order valence-corrected chi connectivity index (χ0v) is 15.5. The number of rotatable bonds is 5. The van der Waals surface area contributed by atoms with Crippen molar-refractivity contribution in [1.82, 2.24) is 20.4 Å². The molecule has 1 atom stereocenters. The molecule has 25 heavy (non-hydrogen) atoms. The van der Waals surface area contributed by atoms with E-state index >= 15 is 0 Å². The molecule has 0 aliphatic heterocycles. The first-order valence-corrected chi connectivity index (χ1v) is 8.87. The van der Waals surface area contributed by atoms with E-state index in [1.807, 2.05) is 52.0 Å². The van der Waals surface area contributed by atoms with Gasteiger partial charge in [0.2, 0.25) is 17.6 Å². The number of aryl methyl sites for hydroxylation is 3. The Hall–Kier alpha value is -2.54. The molecule has 2 heterocycles. The molecule has 7 heteroatoms. The highest BCUT2D eigenvalue weighted by atomic mass is 32.1. The monoisotopic (exact) mass is 356 g/mol. The minimum Gasteiger partial charge on any atom is -0.344 e. The van der Waals surface area contributed by atoms with E-state index in [4.69, 9.17) is 4.52 Å². The lowest BCUT2D eigenvalue weighted by molar-refractivity contribution is -0.121. The first-order valence-electron chi connectivity index (χ1n) is 8.06. The number of carbonyl (C=O) groups is 1. The van der Waals surface area contributed by atoms with Crippen LogP contribution in [-0.4, -0.2) is 21.0 Å². The van der Waals surface area contributed by atoms with E-state index in [0.717, 1.165) is 26.7 Å². The highest BCUT2D eigenvalue weighted by molar-refractivity contribution is 7.11. The molecule has 0 bridgehead atoms. The van der Waals surface area contributed by atoms with Crippen LogP contribution in [0.5, 0.6) is 0 Å². The van der Waals surface area contributed by atoms with Gasteiger partial charge in [-0.05, 0) is 33.3 Å². The van der Waals surface area contributed by atoms with Gasteiger partial charge in [0.05, 0.1) is 17.1 Å². The molecule has 3 aromatic rings. The third-order valence-electron chi connectivity index (χ3n) is 3.90. The fourth-order valence-electron chi connectivity index (χ4n) is 2.59. The van der Waals surface area contributed by atoms with Gasteiger partial charge in [-0.3, -0.25) is 4.79 Å². The van der Waals surface area contributed by atoms with Crippen LogP contribution in [0.4, 0.5) is 0 Å². The van der Waals surface area contributed by atoms with E-state index in [1.54, 1.807) is 11.3 Å². The molecule has 0 unspecified atom stereocenters. The van der Waals surface area contributed by atoms with E-state index in [1.165, 1.54) is 0 Å². The molecule has 130 valence electrons. The fourth-order valence-corrected chi connectivity index (χ4v) is 3.42. The van der Waals surface area contributed by atoms with E-state index < -0.39 is 0 Å². The molecule has 0 aliphatic rings. The van der Waals surface area contributed by atoms with Crippen molar-refractivity contribution in [3.05, 3.63) is 51.3 Å². The van der Waals surface area contributed by atoms with Crippen molar-refractivity contribution in [3.8, 4) is 11.4 Å². The van der Waals surface area contributed by atoms with Crippen LogP contribution in [0.25, 0.3) is 11.4 Å². The zero-order chi connectivity index (χ0) is 18.0. The van der Waals surface area contributed by atoms with E-state index in [-0.39, 0.29) is 18.4 Å². The van der Waals surface area contributed by atoms with E-state index in [2.05, 4.69) is 20.4 Å². The second-order valence-electron chi connectivity index (χ2n) is 5.97. The maximum atomic E-state index is 12.3. The van der Waals surface area contributed by atoms with Crippen molar-refractivity contribution in [2.24, 2.45) is 0 Å². The van der Waals surface area contributed by atoms with Crippen LogP contribution < -0.4 is 5.32 Å². The van der Waals surface area contributed by atoms with Crippen molar-refractivity contribution < 1.29 is 9.32 Å². The number of benzene rings is 1. The van der Waals surface area contributed by atoms with Gasteiger partial charge < -0.3 is 9.84 Å². The summed E-state index contributed by atoms with van der Waals surface area (Å²) in [6.07, 6.45) is 0.249. The Morgan fingerprint density at radius 3 is 2.68 bits per heavy atom. The van der Waals surface area contributed by atoms with Crippen molar-refractivity contribution in [1.29, 1.82) is 0 Å². The summed E-state index contributed by atoms with van der Waals surface area (Å²) in [6, 6.07) is 7.47. The standard InChI is InChI=1S/C18H20N4O2S/c1-10-7-5-6-8-14(10)17-21-18(24-22-17)11(2)19-16(23)9-15-12(3)25-13(4)20-15/h5-8,11H,9H2,1-4H3,(H,19,23)/t11-/m0/s1. The number of amides is 1. The minimum absolute atomic E-state index is 0.114. The summed E-state index contributed by atoms with van der Waals surface area (Å²) in [7, 11) is 0. The van der Waals surface area contributed by atoms with Gasteiger partial charge in [0.15, 0.2) is 0 Å². The Bertz CT molecular complexity index is 900. The summed E-state index contributed by atoms with van der Waals surface area (Å²) in [5.74, 6) is 0.800. The summed E-state index contributed by atoms with van der Waals surface area (Å²) in [5.41, 5.74) is 2.81. The van der Waals surface area contributed by atoms with Gasteiger partial charge >= 0.3 is 0 Å². The largest absolute Gasteiger partial charge is 0.344 e. The highest BCUT2D eigenvalue weighted by Gasteiger charge is 2.19. The van der Waals surface area contributed by atoms with Crippen molar-refractivity contribution in [3.63, 3.8) is 0 Å². The lowest BCUT2D eigenvalue weighted by Crippen LogP contribution is -2.28. The smallest absolute Gasteiger partial charge is 0.249 e. The molecule has 1 aromatic carbocycles. The molecule has 2 aromatic heterocycles. The Balaban J connectivity index is 1.67. The summed E-state index contributed by atoms with van der Waals surface area (Å²) >= 11 is 1.60. The number of thiazole rings is 1. The number of hydrogen-bond donors (Lipinski definition) is 1.